The molecule has 3 rings (SSSR count). The van der Waals surface area contributed by atoms with Gasteiger partial charge in [0.1, 0.15) is 17.3 Å². The molecule has 0 aromatic heterocycles. The van der Waals surface area contributed by atoms with Crippen molar-refractivity contribution in [1.82, 2.24) is 5.32 Å². The summed E-state index contributed by atoms with van der Waals surface area (Å²) in [5.74, 6) is 1.42. The first-order chi connectivity index (χ1) is 10.2. The molecule has 0 amide bonds. The van der Waals surface area contributed by atoms with Gasteiger partial charge in [-0.05, 0) is 29.3 Å². The number of halogens is 1. The maximum absolute atomic E-state index is 13.5. The van der Waals surface area contributed by atoms with Crippen LogP contribution in [0.5, 0.6) is 11.5 Å². The van der Waals surface area contributed by atoms with Gasteiger partial charge in [0.25, 0.3) is 0 Å². The first-order valence-electron chi connectivity index (χ1n) is 6.94. The molecule has 0 spiro atoms. The highest BCUT2D eigenvalue weighted by Gasteiger charge is 2.26. The summed E-state index contributed by atoms with van der Waals surface area (Å²) in [7, 11) is 3.29. The van der Waals surface area contributed by atoms with Crippen molar-refractivity contribution in [2.45, 2.75) is 12.5 Å². The van der Waals surface area contributed by atoms with E-state index in [1.54, 1.807) is 26.4 Å². The minimum atomic E-state index is -0.216. The molecule has 0 radical (unpaired) electrons. The van der Waals surface area contributed by atoms with E-state index in [4.69, 9.17) is 9.47 Å². The molecule has 1 unspecified atom stereocenters. The lowest BCUT2D eigenvalue weighted by atomic mass is 9.84. The molecule has 2 aromatic rings. The second-order valence-electron chi connectivity index (χ2n) is 5.14. The predicted octanol–water partition coefficient (Wildman–Crippen LogP) is 3.08. The van der Waals surface area contributed by atoms with E-state index in [-0.39, 0.29) is 11.7 Å². The third kappa shape index (κ3) is 2.59. The van der Waals surface area contributed by atoms with Crippen molar-refractivity contribution in [3.05, 3.63) is 58.9 Å². The van der Waals surface area contributed by atoms with Crippen molar-refractivity contribution in [2.75, 3.05) is 20.8 Å². The first-order valence-corrected chi connectivity index (χ1v) is 6.94. The second kappa shape index (κ2) is 5.74. The number of rotatable bonds is 3. The normalized spacial score (nSPS) is 17.2. The van der Waals surface area contributed by atoms with Crippen LogP contribution >= 0.6 is 0 Å². The van der Waals surface area contributed by atoms with Gasteiger partial charge in [0.15, 0.2) is 0 Å². The standard InChI is InChI=1S/C17H18FNO2/c1-20-14-7-12-9-19-10-15(17(12)16(8-14)21-2)11-4-3-5-13(18)6-11/h3-8,15,19H,9-10H2,1-2H3. The summed E-state index contributed by atoms with van der Waals surface area (Å²) < 4.78 is 24.4. The molecular formula is C17H18FNO2. The molecule has 110 valence electrons. The van der Waals surface area contributed by atoms with E-state index in [1.807, 2.05) is 18.2 Å². The Labute approximate surface area is 123 Å². The molecule has 1 aliphatic heterocycles. The van der Waals surface area contributed by atoms with E-state index >= 15 is 0 Å². The van der Waals surface area contributed by atoms with E-state index in [1.165, 1.54) is 6.07 Å². The van der Waals surface area contributed by atoms with Gasteiger partial charge in [-0.1, -0.05) is 12.1 Å². The van der Waals surface area contributed by atoms with Crippen LogP contribution < -0.4 is 14.8 Å². The number of hydrogen-bond acceptors (Lipinski definition) is 3. The Bertz CT molecular complexity index is 640. The van der Waals surface area contributed by atoms with Gasteiger partial charge in [-0.2, -0.15) is 0 Å². The van der Waals surface area contributed by atoms with Crippen LogP contribution in [-0.4, -0.2) is 20.8 Å². The Morgan fingerprint density at radius 3 is 2.71 bits per heavy atom. The third-order valence-electron chi connectivity index (χ3n) is 3.92. The fourth-order valence-corrected chi connectivity index (χ4v) is 2.95. The van der Waals surface area contributed by atoms with E-state index < -0.39 is 0 Å². The van der Waals surface area contributed by atoms with Gasteiger partial charge >= 0.3 is 0 Å². The van der Waals surface area contributed by atoms with Crippen molar-refractivity contribution in [3.63, 3.8) is 0 Å². The Kier molecular flexibility index (Phi) is 3.80. The molecule has 3 nitrogen and oxygen atoms in total. The molecule has 0 fully saturated rings. The van der Waals surface area contributed by atoms with Crippen molar-refractivity contribution < 1.29 is 13.9 Å². The van der Waals surface area contributed by atoms with Crippen LogP contribution in [0.1, 0.15) is 22.6 Å². The highest BCUT2D eigenvalue weighted by Crippen LogP contribution is 2.39. The predicted molar refractivity (Wildman–Crippen MR) is 79.5 cm³/mol. The number of nitrogens with one attached hydrogen (secondary N) is 1. The lowest BCUT2D eigenvalue weighted by Gasteiger charge is -2.29. The molecule has 1 N–H and O–H groups in total. The van der Waals surface area contributed by atoms with Crippen molar-refractivity contribution >= 4 is 0 Å². The molecule has 1 heterocycles. The summed E-state index contributed by atoms with van der Waals surface area (Å²) in [5, 5.41) is 3.38. The van der Waals surface area contributed by atoms with Crippen LogP contribution in [0.3, 0.4) is 0 Å². The van der Waals surface area contributed by atoms with E-state index in [0.717, 1.165) is 41.3 Å². The van der Waals surface area contributed by atoms with E-state index in [9.17, 15) is 4.39 Å². The van der Waals surface area contributed by atoms with Gasteiger partial charge in [0, 0.05) is 30.6 Å². The van der Waals surface area contributed by atoms with Gasteiger partial charge in [0.2, 0.25) is 0 Å². The number of ether oxygens (including phenoxy) is 2. The number of fused-ring (bicyclic) bond motifs is 1. The molecule has 21 heavy (non-hydrogen) atoms. The average molecular weight is 287 g/mol. The first kappa shape index (κ1) is 13.9. The van der Waals surface area contributed by atoms with Crippen LogP contribution in [0, 0.1) is 5.82 Å². The minimum Gasteiger partial charge on any atom is -0.497 e. The Morgan fingerprint density at radius 1 is 1.14 bits per heavy atom. The largest absolute Gasteiger partial charge is 0.497 e. The summed E-state index contributed by atoms with van der Waals surface area (Å²) in [6.07, 6.45) is 0. The van der Waals surface area contributed by atoms with Gasteiger partial charge in [-0.3, -0.25) is 0 Å². The fraction of sp³-hybridized carbons (Fsp3) is 0.294. The van der Waals surface area contributed by atoms with Gasteiger partial charge in [-0.25, -0.2) is 4.39 Å². The van der Waals surface area contributed by atoms with Crippen LogP contribution in [0.4, 0.5) is 4.39 Å². The molecule has 0 saturated carbocycles. The number of hydrogen-bond donors (Lipinski definition) is 1. The molecule has 0 bridgehead atoms. The van der Waals surface area contributed by atoms with Crippen molar-refractivity contribution in [2.24, 2.45) is 0 Å². The smallest absolute Gasteiger partial charge is 0.126 e. The zero-order valence-corrected chi connectivity index (χ0v) is 12.2. The molecule has 0 saturated heterocycles. The fourth-order valence-electron chi connectivity index (χ4n) is 2.95. The lowest BCUT2D eigenvalue weighted by molar-refractivity contribution is 0.384. The van der Waals surface area contributed by atoms with Crippen molar-refractivity contribution in [3.8, 4) is 11.5 Å². The monoisotopic (exact) mass is 287 g/mol. The van der Waals surface area contributed by atoms with Crippen LogP contribution in [0.15, 0.2) is 36.4 Å². The Morgan fingerprint density at radius 2 is 2.00 bits per heavy atom. The van der Waals surface area contributed by atoms with Crippen molar-refractivity contribution in [1.29, 1.82) is 0 Å². The SMILES string of the molecule is COc1cc2c(c(OC)c1)C(c1cccc(F)c1)CNC2. The summed E-state index contributed by atoms with van der Waals surface area (Å²) >= 11 is 0. The second-order valence-corrected chi connectivity index (χ2v) is 5.14. The average Bonchev–Trinajstić information content (AvgIpc) is 2.53. The Hall–Kier alpha value is -2.07. The number of benzene rings is 2. The van der Waals surface area contributed by atoms with Crippen LogP contribution in [0.2, 0.25) is 0 Å². The highest BCUT2D eigenvalue weighted by molar-refractivity contribution is 5.53. The quantitative estimate of drug-likeness (QED) is 0.941. The summed E-state index contributed by atoms with van der Waals surface area (Å²) in [6, 6.07) is 10.6. The van der Waals surface area contributed by atoms with Gasteiger partial charge in [-0.15, -0.1) is 0 Å². The lowest BCUT2D eigenvalue weighted by Crippen LogP contribution is -2.29. The van der Waals surface area contributed by atoms with Gasteiger partial charge < -0.3 is 14.8 Å². The minimum absolute atomic E-state index is 0.0744. The molecule has 1 aliphatic rings. The molecular weight excluding hydrogens is 269 g/mol. The summed E-state index contributed by atoms with van der Waals surface area (Å²) in [6.45, 7) is 1.52. The molecule has 2 aromatic carbocycles. The molecule has 0 aliphatic carbocycles. The summed E-state index contributed by atoms with van der Waals surface area (Å²) in [5.41, 5.74) is 3.20. The van der Waals surface area contributed by atoms with Crippen LogP contribution in [0.25, 0.3) is 0 Å². The third-order valence-corrected chi connectivity index (χ3v) is 3.92. The van der Waals surface area contributed by atoms with E-state index in [2.05, 4.69) is 5.32 Å². The maximum Gasteiger partial charge on any atom is 0.126 e. The molecule has 1 atom stereocenters. The zero-order chi connectivity index (χ0) is 14.8. The number of methoxy groups -OCH3 is 2. The topological polar surface area (TPSA) is 30.5 Å². The van der Waals surface area contributed by atoms with Crippen LogP contribution in [-0.2, 0) is 6.54 Å². The molecule has 4 heteroatoms. The van der Waals surface area contributed by atoms with Gasteiger partial charge in [0.05, 0.1) is 14.2 Å². The Balaban J connectivity index is 2.12. The highest BCUT2D eigenvalue weighted by atomic mass is 19.1. The maximum atomic E-state index is 13.5. The van der Waals surface area contributed by atoms with E-state index in [0.29, 0.717) is 0 Å². The zero-order valence-electron chi connectivity index (χ0n) is 12.2. The summed E-state index contributed by atoms with van der Waals surface area (Å²) in [4.78, 5) is 0.